The number of fused-ring (bicyclic) bond motifs is 1. The summed E-state index contributed by atoms with van der Waals surface area (Å²) in [5, 5.41) is 4.59. The Morgan fingerprint density at radius 2 is 2.20 bits per heavy atom. The van der Waals surface area contributed by atoms with E-state index < -0.39 is 0 Å². The highest BCUT2D eigenvalue weighted by atomic mass is 16.2. The fourth-order valence-electron chi connectivity index (χ4n) is 2.93. The molecule has 0 aromatic carbocycles. The molecular formula is C14H19N5O. The summed E-state index contributed by atoms with van der Waals surface area (Å²) in [6.45, 7) is 3.52. The molecule has 3 rings (SSSR count). The average Bonchev–Trinajstić information content (AvgIpc) is 2.84. The summed E-state index contributed by atoms with van der Waals surface area (Å²) in [7, 11) is 1.89. The van der Waals surface area contributed by atoms with Gasteiger partial charge >= 0.3 is 0 Å². The number of nitrogens with zero attached hydrogens (tertiary/aromatic N) is 5. The zero-order valence-electron chi connectivity index (χ0n) is 11.9. The summed E-state index contributed by atoms with van der Waals surface area (Å²) in [6.07, 6.45) is 6.02. The molecule has 1 fully saturated rings. The summed E-state index contributed by atoms with van der Waals surface area (Å²) < 4.78 is 1.78. The van der Waals surface area contributed by atoms with E-state index in [1.54, 1.807) is 17.1 Å². The van der Waals surface area contributed by atoms with Crippen molar-refractivity contribution in [2.45, 2.75) is 32.1 Å². The molecule has 0 spiro atoms. The maximum Gasteiger partial charge on any atom is 0.222 e. The van der Waals surface area contributed by atoms with Gasteiger partial charge in [-0.15, -0.1) is 0 Å². The molecule has 3 heterocycles. The van der Waals surface area contributed by atoms with Gasteiger partial charge in [0.1, 0.15) is 5.52 Å². The van der Waals surface area contributed by atoms with Crippen molar-refractivity contribution < 1.29 is 4.79 Å². The molecule has 0 saturated carbocycles. The van der Waals surface area contributed by atoms with Crippen molar-refractivity contribution in [2.24, 2.45) is 7.05 Å². The SMILES string of the molecule is CCC(=O)N1CCC[C@H](c2nn(C)c3nccnc23)C1. The van der Waals surface area contributed by atoms with E-state index in [1.807, 2.05) is 18.9 Å². The lowest BCUT2D eigenvalue weighted by atomic mass is 9.94. The lowest BCUT2D eigenvalue weighted by Gasteiger charge is -2.31. The van der Waals surface area contributed by atoms with Crippen LogP contribution in [0.25, 0.3) is 11.2 Å². The number of amides is 1. The number of piperidine rings is 1. The number of aromatic nitrogens is 4. The number of carbonyl (C=O) groups excluding carboxylic acids is 1. The Kier molecular flexibility index (Phi) is 3.38. The third-order valence-corrected chi connectivity index (χ3v) is 3.95. The van der Waals surface area contributed by atoms with Crippen LogP contribution in [0.1, 0.15) is 37.8 Å². The summed E-state index contributed by atoms with van der Waals surface area (Å²) in [4.78, 5) is 22.6. The van der Waals surface area contributed by atoms with Crippen LogP contribution in [0.15, 0.2) is 12.4 Å². The van der Waals surface area contributed by atoms with Gasteiger partial charge in [-0.2, -0.15) is 5.10 Å². The first-order chi connectivity index (χ1) is 9.70. The first-order valence-corrected chi connectivity index (χ1v) is 7.12. The molecule has 0 unspecified atom stereocenters. The molecule has 6 heteroatoms. The second-order valence-corrected chi connectivity index (χ2v) is 5.27. The van der Waals surface area contributed by atoms with Gasteiger partial charge in [-0.3, -0.25) is 4.79 Å². The van der Waals surface area contributed by atoms with Crippen LogP contribution < -0.4 is 0 Å². The van der Waals surface area contributed by atoms with Crippen molar-refractivity contribution in [1.82, 2.24) is 24.6 Å². The van der Waals surface area contributed by atoms with Crippen LogP contribution in [0.5, 0.6) is 0 Å². The molecule has 20 heavy (non-hydrogen) atoms. The molecule has 1 aliphatic heterocycles. The molecule has 2 aromatic rings. The summed E-state index contributed by atoms with van der Waals surface area (Å²) in [5.74, 6) is 0.487. The predicted molar refractivity (Wildman–Crippen MR) is 75.2 cm³/mol. The number of hydrogen-bond donors (Lipinski definition) is 0. The number of rotatable bonds is 2. The molecule has 0 radical (unpaired) electrons. The van der Waals surface area contributed by atoms with E-state index in [0.717, 1.165) is 42.8 Å². The fourth-order valence-corrected chi connectivity index (χ4v) is 2.93. The van der Waals surface area contributed by atoms with Gasteiger partial charge in [-0.25, -0.2) is 14.6 Å². The lowest BCUT2D eigenvalue weighted by molar-refractivity contribution is -0.132. The number of likely N-dealkylation sites (tertiary alicyclic amines) is 1. The topological polar surface area (TPSA) is 63.9 Å². The molecule has 0 N–H and O–H groups in total. The zero-order chi connectivity index (χ0) is 14.1. The van der Waals surface area contributed by atoms with Gasteiger partial charge in [0.15, 0.2) is 5.65 Å². The first-order valence-electron chi connectivity index (χ1n) is 7.12. The number of hydrogen-bond acceptors (Lipinski definition) is 4. The minimum absolute atomic E-state index is 0.223. The average molecular weight is 273 g/mol. The Hall–Kier alpha value is -1.98. The standard InChI is InChI=1S/C14H19N5O/c1-3-11(20)19-8-4-5-10(9-19)12-13-14(18(2)17-12)16-7-6-15-13/h6-7,10H,3-5,8-9H2,1-2H3/t10-/m0/s1. The van der Waals surface area contributed by atoms with E-state index in [9.17, 15) is 4.79 Å². The van der Waals surface area contributed by atoms with E-state index in [-0.39, 0.29) is 11.8 Å². The monoisotopic (exact) mass is 273 g/mol. The maximum atomic E-state index is 11.9. The maximum absolute atomic E-state index is 11.9. The van der Waals surface area contributed by atoms with Crippen molar-refractivity contribution in [3.05, 3.63) is 18.1 Å². The van der Waals surface area contributed by atoms with E-state index in [1.165, 1.54) is 0 Å². The van der Waals surface area contributed by atoms with E-state index in [0.29, 0.717) is 6.42 Å². The Balaban J connectivity index is 1.93. The molecule has 0 bridgehead atoms. The summed E-state index contributed by atoms with van der Waals surface area (Å²) in [5.41, 5.74) is 2.65. The van der Waals surface area contributed by atoms with Crippen LogP contribution in [0.3, 0.4) is 0 Å². The Bertz CT molecular complexity index is 636. The van der Waals surface area contributed by atoms with E-state index >= 15 is 0 Å². The highest BCUT2D eigenvalue weighted by molar-refractivity contribution is 5.77. The minimum Gasteiger partial charge on any atom is -0.342 e. The van der Waals surface area contributed by atoms with Gasteiger partial charge in [0, 0.05) is 44.9 Å². The van der Waals surface area contributed by atoms with E-state index in [4.69, 9.17) is 0 Å². The van der Waals surface area contributed by atoms with Crippen LogP contribution in [-0.4, -0.2) is 43.6 Å². The Labute approximate surface area is 117 Å². The smallest absolute Gasteiger partial charge is 0.222 e. The predicted octanol–water partition coefficient (Wildman–Crippen LogP) is 1.48. The normalized spacial score (nSPS) is 19.5. The highest BCUT2D eigenvalue weighted by Crippen LogP contribution is 2.29. The van der Waals surface area contributed by atoms with Crippen molar-refractivity contribution in [3.8, 4) is 0 Å². The van der Waals surface area contributed by atoms with Crippen LogP contribution >= 0.6 is 0 Å². The number of carbonyl (C=O) groups is 1. The molecule has 1 amide bonds. The third kappa shape index (κ3) is 2.15. The van der Waals surface area contributed by atoms with Crippen LogP contribution in [0, 0.1) is 0 Å². The third-order valence-electron chi connectivity index (χ3n) is 3.95. The van der Waals surface area contributed by atoms with Crippen molar-refractivity contribution in [1.29, 1.82) is 0 Å². The molecule has 1 saturated heterocycles. The number of aryl methyl sites for hydroxylation is 1. The van der Waals surface area contributed by atoms with Crippen molar-refractivity contribution >= 4 is 17.1 Å². The van der Waals surface area contributed by atoms with Crippen molar-refractivity contribution in [3.63, 3.8) is 0 Å². The van der Waals surface area contributed by atoms with Gasteiger partial charge < -0.3 is 4.90 Å². The second-order valence-electron chi connectivity index (χ2n) is 5.27. The Morgan fingerprint density at radius 3 is 3.00 bits per heavy atom. The first kappa shape index (κ1) is 13.0. The van der Waals surface area contributed by atoms with E-state index in [2.05, 4.69) is 15.1 Å². The molecule has 1 atom stereocenters. The second kappa shape index (κ2) is 5.19. The largest absolute Gasteiger partial charge is 0.342 e. The minimum atomic E-state index is 0.223. The van der Waals surface area contributed by atoms with Gasteiger partial charge in [-0.05, 0) is 12.8 Å². The van der Waals surface area contributed by atoms with Crippen molar-refractivity contribution in [2.75, 3.05) is 13.1 Å². The summed E-state index contributed by atoms with van der Waals surface area (Å²) in [6, 6.07) is 0. The molecule has 0 aliphatic carbocycles. The Morgan fingerprint density at radius 1 is 1.40 bits per heavy atom. The zero-order valence-corrected chi connectivity index (χ0v) is 11.9. The van der Waals surface area contributed by atoms with Crippen LogP contribution in [0.4, 0.5) is 0 Å². The van der Waals surface area contributed by atoms with Gasteiger partial charge in [0.25, 0.3) is 0 Å². The van der Waals surface area contributed by atoms with Gasteiger partial charge in [-0.1, -0.05) is 6.92 Å². The fraction of sp³-hybridized carbons (Fsp3) is 0.571. The molecule has 2 aromatic heterocycles. The van der Waals surface area contributed by atoms with Crippen LogP contribution in [0.2, 0.25) is 0 Å². The van der Waals surface area contributed by atoms with Crippen LogP contribution in [-0.2, 0) is 11.8 Å². The quantitative estimate of drug-likeness (QED) is 0.831. The molecular weight excluding hydrogens is 254 g/mol. The molecule has 1 aliphatic rings. The van der Waals surface area contributed by atoms with Gasteiger partial charge in [0.05, 0.1) is 5.69 Å². The molecule has 106 valence electrons. The molecule has 6 nitrogen and oxygen atoms in total. The highest BCUT2D eigenvalue weighted by Gasteiger charge is 2.28. The summed E-state index contributed by atoms with van der Waals surface area (Å²) >= 11 is 0. The van der Waals surface area contributed by atoms with Gasteiger partial charge in [0.2, 0.25) is 5.91 Å². The lowest BCUT2D eigenvalue weighted by Crippen LogP contribution is -2.38.